The number of benzene rings is 1. The van der Waals surface area contributed by atoms with Crippen LogP contribution in [0.3, 0.4) is 0 Å². The van der Waals surface area contributed by atoms with Crippen LogP contribution in [-0.4, -0.2) is 16.3 Å². The molecule has 0 bridgehead atoms. The Labute approximate surface area is 98.8 Å². The van der Waals surface area contributed by atoms with Gasteiger partial charge in [-0.1, -0.05) is 0 Å². The third-order valence-electron chi connectivity index (χ3n) is 2.77. The second kappa shape index (κ2) is 3.78. The van der Waals surface area contributed by atoms with Crippen molar-refractivity contribution in [2.45, 2.75) is 13.0 Å². The van der Waals surface area contributed by atoms with E-state index in [1.54, 1.807) is 12.5 Å². The molecule has 1 aliphatic rings. The number of ether oxygens (including phenoxy) is 2. The van der Waals surface area contributed by atoms with Crippen LogP contribution in [0.1, 0.15) is 18.7 Å². The first-order valence-electron chi connectivity index (χ1n) is 5.43. The monoisotopic (exact) mass is 231 g/mol. The molecule has 2 N–H and O–H groups in total. The van der Waals surface area contributed by atoms with Crippen molar-refractivity contribution in [3.05, 3.63) is 36.4 Å². The van der Waals surface area contributed by atoms with Crippen LogP contribution in [0.5, 0.6) is 11.5 Å². The summed E-state index contributed by atoms with van der Waals surface area (Å²) in [6.45, 7) is 2.21. The molecule has 1 atom stereocenters. The molecule has 1 aromatic carbocycles. The van der Waals surface area contributed by atoms with Gasteiger partial charge < -0.3 is 19.8 Å². The Hall–Kier alpha value is -2.01. The van der Waals surface area contributed by atoms with Gasteiger partial charge in [0, 0.05) is 12.1 Å². The minimum Gasteiger partial charge on any atom is -0.454 e. The number of hydrogen-bond donors (Lipinski definition) is 1. The van der Waals surface area contributed by atoms with Crippen LogP contribution in [0.15, 0.2) is 30.7 Å². The smallest absolute Gasteiger partial charge is 0.231 e. The summed E-state index contributed by atoms with van der Waals surface area (Å²) in [5.41, 5.74) is 7.83. The highest BCUT2D eigenvalue weighted by Gasteiger charge is 2.15. The molecule has 0 spiro atoms. The predicted molar refractivity (Wildman–Crippen MR) is 62.3 cm³/mol. The topological polar surface area (TPSA) is 62.3 Å². The van der Waals surface area contributed by atoms with Crippen molar-refractivity contribution in [3.63, 3.8) is 0 Å². The Balaban J connectivity index is 2.06. The Morgan fingerprint density at radius 3 is 3.00 bits per heavy atom. The lowest BCUT2D eigenvalue weighted by atomic mass is 10.2. The molecule has 1 unspecified atom stereocenters. The Morgan fingerprint density at radius 1 is 1.35 bits per heavy atom. The molecule has 0 radical (unpaired) electrons. The van der Waals surface area contributed by atoms with Crippen molar-refractivity contribution < 1.29 is 9.47 Å². The van der Waals surface area contributed by atoms with E-state index in [0.29, 0.717) is 0 Å². The Kier molecular flexibility index (Phi) is 2.26. The maximum Gasteiger partial charge on any atom is 0.231 e. The maximum absolute atomic E-state index is 5.89. The lowest BCUT2D eigenvalue weighted by molar-refractivity contribution is 0.174. The molecular weight excluding hydrogens is 218 g/mol. The van der Waals surface area contributed by atoms with E-state index in [2.05, 4.69) is 4.98 Å². The molecule has 0 saturated heterocycles. The van der Waals surface area contributed by atoms with Crippen LogP contribution in [0.25, 0.3) is 5.69 Å². The molecule has 17 heavy (non-hydrogen) atoms. The van der Waals surface area contributed by atoms with Crippen molar-refractivity contribution in [2.75, 3.05) is 6.79 Å². The number of rotatable bonds is 2. The fourth-order valence-electron chi connectivity index (χ4n) is 1.89. The number of hydrogen-bond acceptors (Lipinski definition) is 4. The molecule has 5 nitrogen and oxygen atoms in total. The fourth-order valence-corrected chi connectivity index (χ4v) is 1.89. The molecule has 0 aliphatic carbocycles. The molecule has 2 aromatic rings. The van der Waals surface area contributed by atoms with Crippen molar-refractivity contribution in [1.29, 1.82) is 0 Å². The highest BCUT2D eigenvalue weighted by Crippen LogP contribution is 2.34. The van der Waals surface area contributed by atoms with E-state index in [0.717, 1.165) is 22.9 Å². The molecule has 0 saturated carbocycles. The van der Waals surface area contributed by atoms with E-state index in [9.17, 15) is 0 Å². The summed E-state index contributed by atoms with van der Waals surface area (Å²) < 4.78 is 12.6. The number of nitrogens with two attached hydrogens (primary N) is 1. The largest absolute Gasteiger partial charge is 0.454 e. The van der Waals surface area contributed by atoms with Gasteiger partial charge in [-0.05, 0) is 19.1 Å². The van der Waals surface area contributed by atoms with Crippen LogP contribution < -0.4 is 15.2 Å². The molecule has 0 fully saturated rings. The van der Waals surface area contributed by atoms with Crippen molar-refractivity contribution in [3.8, 4) is 17.2 Å². The zero-order valence-electron chi connectivity index (χ0n) is 9.46. The lowest BCUT2D eigenvalue weighted by Crippen LogP contribution is -2.10. The zero-order chi connectivity index (χ0) is 11.8. The van der Waals surface area contributed by atoms with Gasteiger partial charge in [0.25, 0.3) is 0 Å². The minimum atomic E-state index is -0.0667. The van der Waals surface area contributed by atoms with Crippen LogP contribution >= 0.6 is 0 Å². The van der Waals surface area contributed by atoms with E-state index < -0.39 is 0 Å². The number of nitrogens with zero attached hydrogens (tertiary/aromatic N) is 2. The molecule has 88 valence electrons. The molecule has 2 heterocycles. The van der Waals surface area contributed by atoms with Gasteiger partial charge in [-0.15, -0.1) is 0 Å². The summed E-state index contributed by atoms with van der Waals surface area (Å²) in [5, 5.41) is 0. The standard InChI is InChI=1S/C12H13N3O2/c1-8(13)10-5-14-6-15(10)9-2-3-11-12(4-9)17-7-16-11/h2-6,8H,7,13H2,1H3. The third kappa shape index (κ3) is 1.64. The van der Waals surface area contributed by atoms with Gasteiger partial charge >= 0.3 is 0 Å². The molecule has 1 aromatic heterocycles. The van der Waals surface area contributed by atoms with Crippen LogP contribution in [0.2, 0.25) is 0 Å². The molecule has 3 rings (SSSR count). The maximum atomic E-state index is 5.89. The van der Waals surface area contributed by atoms with Gasteiger partial charge in [0.2, 0.25) is 6.79 Å². The summed E-state index contributed by atoms with van der Waals surface area (Å²) in [7, 11) is 0. The summed E-state index contributed by atoms with van der Waals surface area (Å²) >= 11 is 0. The van der Waals surface area contributed by atoms with Gasteiger partial charge in [0.15, 0.2) is 11.5 Å². The first-order chi connectivity index (χ1) is 8.25. The average molecular weight is 231 g/mol. The van der Waals surface area contributed by atoms with E-state index >= 15 is 0 Å². The van der Waals surface area contributed by atoms with Gasteiger partial charge in [-0.2, -0.15) is 0 Å². The van der Waals surface area contributed by atoms with Crippen molar-refractivity contribution in [2.24, 2.45) is 5.73 Å². The summed E-state index contributed by atoms with van der Waals surface area (Å²) in [5.74, 6) is 1.53. The second-order valence-corrected chi connectivity index (χ2v) is 4.01. The number of aromatic nitrogens is 2. The summed E-state index contributed by atoms with van der Waals surface area (Å²) in [4.78, 5) is 4.12. The van der Waals surface area contributed by atoms with Crippen molar-refractivity contribution in [1.82, 2.24) is 9.55 Å². The van der Waals surface area contributed by atoms with Crippen LogP contribution in [-0.2, 0) is 0 Å². The van der Waals surface area contributed by atoms with Crippen LogP contribution in [0.4, 0.5) is 0 Å². The van der Waals surface area contributed by atoms with Gasteiger partial charge in [0.05, 0.1) is 23.9 Å². The number of fused-ring (bicyclic) bond motifs is 1. The normalized spacial score (nSPS) is 14.9. The highest BCUT2D eigenvalue weighted by atomic mass is 16.7. The van der Waals surface area contributed by atoms with Crippen LogP contribution in [0, 0.1) is 0 Å². The molecular formula is C12H13N3O2. The summed E-state index contributed by atoms with van der Waals surface area (Å²) in [6, 6.07) is 5.71. The first-order valence-corrected chi connectivity index (χ1v) is 5.43. The lowest BCUT2D eigenvalue weighted by Gasteiger charge is -2.11. The predicted octanol–water partition coefficient (Wildman–Crippen LogP) is 1.62. The van der Waals surface area contributed by atoms with Crippen molar-refractivity contribution >= 4 is 0 Å². The summed E-state index contributed by atoms with van der Waals surface area (Å²) in [6.07, 6.45) is 3.52. The molecule has 0 amide bonds. The van der Waals surface area contributed by atoms with E-state index in [-0.39, 0.29) is 12.8 Å². The van der Waals surface area contributed by atoms with Gasteiger partial charge in [-0.25, -0.2) is 4.98 Å². The quantitative estimate of drug-likeness (QED) is 0.853. The first kappa shape index (κ1) is 10.2. The molecule has 5 heteroatoms. The third-order valence-corrected chi connectivity index (χ3v) is 2.77. The zero-order valence-corrected chi connectivity index (χ0v) is 9.46. The second-order valence-electron chi connectivity index (χ2n) is 4.01. The highest BCUT2D eigenvalue weighted by molar-refractivity contribution is 5.50. The number of imidazole rings is 1. The van der Waals surface area contributed by atoms with Gasteiger partial charge in [-0.3, -0.25) is 0 Å². The SMILES string of the molecule is CC(N)c1cncn1-c1ccc2c(c1)OCO2. The molecule has 1 aliphatic heterocycles. The Bertz CT molecular complexity index is 548. The Morgan fingerprint density at radius 2 is 2.18 bits per heavy atom. The van der Waals surface area contributed by atoms with E-state index in [1.165, 1.54) is 0 Å². The van der Waals surface area contributed by atoms with E-state index in [1.807, 2.05) is 29.7 Å². The van der Waals surface area contributed by atoms with Gasteiger partial charge in [0.1, 0.15) is 0 Å². The van der Waals surface area contributed by atoms with E-state index in [4.69, 9.17) is 15.2 Å². The minimum absolute atomic E-state index is 0.0667. The fraction of sp³-hybridized carbons (Fsp3) is 0.250. The average Bonchev–Trinajstić information content (AvgIpc) is 2.96.